The quantitative estimate of drug-likeness (QED) is 0.906. The summed E-state index contributed by atoms with van der Waals surface area (Å²) >= 11 is 0. The van der Waals surface area contributed by atoms with Crippen molar-refractivity contribution in [2.24, 2.45) is 0 Å². The number of benzene rings is 1. The summed E-state index contributed by atoms with van der Waals surface area (Å²) in [4.78, 5) is 24.3. The van der Waals surface area contributed by atoms with Crippen molar-refractivity contribution < 1.29 is 32.6 Å². The van der Waals surface area contributed by atoms with E-state index in [0.29, 0.717) is 0 Å². The molecule has 1 N–H and O–H groups in total. The fourth-order valence-corrected chi connectivity index (χ4v) is 1.45. The predicted molar refractivity (Wildman–Crippen MR) is 71.8 cm³/mol. The van der Waals surface area contributed by atoms with Crippen LogP contribution in [0.4, 0.5) is 13.2 Å². The van der Waals surface area contributed by atoms with Gasteiger partial charge in [0.25, 0.3) is 5.91 Å². The van der Waals surface area contributed by atoms with Crippen molar-refractivity contribution in [3.05, 3.63) is 29.8 Å². The molecule has 0 heterocycles. The molecular formula is C14H16F3NO4. The number of aliphatic carboxylic acids is 1. The first kappa shape index (κ1) is 17.8. The third-order valence-corrected chi connectivity index (χ3v) is 3.17. The number of amides is 1. The lowest BCUT2D eigenvalue weighted by atomic mass is 10.0. The second kappa shape index (κ2) is 6.25. The average Bonchev–Trinajstić information content (AvgIpc) is 2.43. The van der Waals surface area contributed by atoms with Gasteiger partial charge in [-0.1, -0.05) is 0 Å². The van der Waals surface area contributed by atoms with Gasteiger partial charge < -0.3 is 14.7 Å². The van der Waals surface area contributed by atoms with E-state index in [9.17, 15) is 22.8 Å². The molecule has 5 nitrogen and oxygen atoms in total. The van der Waals surface area contributed by atoms with Gasteiger partial charge in [0, 0.05) is 12.6 Å². The number of nitrogens with zero attached hydrogens (tertiary/aromatic N) is 1. The van der Waals surface area contributed by atoms with E-state index in [4.69, 9.17) is 5.11 Å². The molecule has 0 aliphatic heterocycles. The number of ether oxygens (including phenoxy) is 1. The molecule has 1 rings (SSSR count). The topological polar surface area (TPSA) is 66.8 Å². The number of halogens is 3. The maximum absolute atomic E-state index is 12.2. The van der Waals surface area contributed by atoms with Crippen LogP contribution >= 0.6 is 0 Å². The number of carboxylic acid groups (broad SMARTS) is 1. The van der Waals surface area contributed by atoms with Crippen LogP contribution < -0.4 is 4.74 Å². The minimum atomic E-state index is -4.44. The third kappa shape index (κ3) is 4.37. The largest absolute Gasteiger partial charge is 0.484 e. The molecule has 1 amide bonds. The summed E-state index contributed by atoms with van der Waals surface area (Å²) in [5.74, 6) is -1.77. The first-order valence-corrected chi connectivity index (χ1v) is 6.26. The molecule has 0 unspecified atom stereocenters. The summed E-state index contributed by atoms with van der Waals surface area (Å²) in [6.45, 7) is 1.31. The van der Waals surface area contributed by atoms with Crippen LogP contribution in [0.25, 0.3) is 0 Å². The van der Waals surface area contributed by atoms with Crippen molar-refractivity contribution in [2.45, 2.75) is 25.6 Å². The Morgan fingerprint density at radius 3 is 2.09 bits per heavy atom. The molecule has 0 saturated carbocycles. The van der Waals surface area contributed by atoms with Crippen LogP contribution in [0.15, 0.2) is 24.3 Å². The lowest BCUT2D eigenvalue weighted by Crippen LogP contribution is -2.50. The maximum atomic E-state index is 12.2. The Kier molecular flexibility index (Phi) is 5.05. The highest BCUT2D eigenvalue weighted by atomic mass is 19.4. The van der Waals surface area contributed by atoms with Gasteiger partial charge in [0.2, 0.25) is 0 Å². The van der Waals surface area contributed by atoms with Gasteiger partial charge in [-0.05, 0) is 38.1 Å². The zero-order valence-corrected chi connectivity index (χ0v) is 12.3. The SMILES string of the molecule is CN(C(=O)c1ccc(OCC(F)(F)F)cc1)C(C)(C)C(=O)O. The van der Waals surface area contributed by atoms with Crippen molar-refractivity contribution in [3.8, 4) is 5.75 Å². The van der Waals surface area contributed by atoms with Gasteiger partial charge in [-0.15, -0.1) is 0 Å². The molecule has 0 aliphatic carbocycles. The van der Waals surface area contributed by atoms with Crippen LogP contribution in [0.5, 0.6) is 5.75 Å². The molecule has 1 aromatic rings. The summed E-state index contributed by atoms with van der Waals surface area (Å²) in [5.41, 5.74) is -1.26. The second-order valence-electron chi connectivity index (χ2n) is 5.16. The molecule has 0 spiro atoms. The number of likely N-dealkylation sites (N-methyl/N-ethyl adjacent to an activating group) is 1. The van der Waals surface area contributed by atoms with Crippen LogP contribution in [0.1, 0.15) is 24.2 Å². The first-order valence-electron chi connectivity index (χ1n) is 6.26. The van der Waals surface area contributed by atoms with Crippen molar-refractivity contribution in [1.82, 2.24) is 4.90 Å². The number of alkyl halides is 3. The fourth-order valence-electron chi connectivity index (χ4n) is 1.45. The molecule has 0 radical (unpaired) electrons. The van der Waals surface area contributed by atoms with E-state index >= 15 is 0 Å². The van der Waals surface area contributed by atoms with E-state index in [0.717, 1.165) is 4.90 Å². The van der Waals surface area contributed by atoms with E-state index in [1.54, 1.807) is 0 Å². The zero-order chi connectivity index (χ0) is 17.1. The number of carbonyl (C=O) groups is 2. The Bertz CT molecular complexity index is 552. The Hall–Kier alpha value is -2.25. The van der Waals surface area contributed by atoms with Gasteiger partial charge in [-0.25, -0.2) is 4.79 Å². The third-order valence-electron chi connectivity index (χ3n) is 3.17. The molecule has 0 atom stereocenters. The van der Waals surface area contributed by atoms with Gasteiger partial charge in [0.15, 0.2) is 6.61 Å². The van der Waals surface area contributed by atoms with E-state index < -0.39 is 30.2 Å². The summed E-state index contributed by atoms with van der Waals surface area (Å²) in [6.07, 6.45) is -4.44. The van der Waals surface area contributed by atoms with Gasteiger partial charge in [0.05, 0.1) is 0 Å². The molecule has 8 heteroatoms. The molecule has 0 aliphatic rings. The van der Waals surface area contributed by atoms with Gasteiger partial charge in [-0.2, -0.15) is 13.2 Å². The summed E-state index contributed by atoms with van der Waals surface area (Å²) in [7, 11) is 1.34. The Morgan fingerprint density at radius 1 is 1.18 bits per heavy atom. The van der Waals surface area contributed by atoms with Crippen molar-refractivity contribution in [1.29, 1.82) is 0 Å². The highest BCUT2D eigenvalue weighted by Gasteiger charge is 2.35. The minimum Gasteiger partial charge on any atom is -0.484 e. The normalized spacial score (nSPS) is 11.9. The fraction of sp³-hybridized carbons (Fsp3) is 0.429. The average molecular weight is 319 g/mol. The predicted octanol–water partition coefficient (Wildman–Crippen LogP) is 2.56. The molecule has 122 valence electrons. The second-order valence-corrected chi connectivity index (χ2v) is 5.16. The number of hydrogen-bond acceptors (Lipinski definition) is 3. The van der Waals surface area contributed by atoms with E-state index in [1.807, 2.05) is 0 Å². The molecule has 0 bridgehead atoms. The van der Waals surface area contributed by atoms with Crippen LogP contribution in [0, 0.1) is 0 Å². The zero-order valence-electron chi connectivity index (χ0n) is 12.3. The number of hydrogen-bond donors (Lipinski definition) is 1. The molecule has 0 fully saturated rings. The van der Waals surface area contributed by atoms with Gasteiger partial charge in [0.1, 0.15) is 11.3 Å². The van der Waals surface area contributed by atoms with Crippen LogP contribution in [0.3, 0.4) is 0 Å². The summed E-state index contributed by atoms with van der Waals surface area (Å²) < 4.78 is 40.6. The summed E-state index contributed by atoms with van der Waals surface area (Å²) in [6, 6.07) is 5.01. The molecule has 22 heavy (non-hydrogen) atoms. The monoisotopic (exact) mass is 319 g/mol. The van der Waals surface area contributed by atoms with Crippen LogP contribution in [-0.4, -0.2) is 47.3 Å². The molecule has 0 aromatic heterocycles. The number of carboxylic acids is 1. The van der Waals surface area contributed by atoms with Gasteiger partial charge in [-0.3, -0.25) is 4.79 Å². The number of carbonyl (C=O) groups excluding carboxylic acids is 1. The lowest BCUT2D eigenvalue weighted by Gasteiger charge is -2.31. The maximum Gasteiger partial charge on any atom is 0.422 e. The van der Waals surface area contributed by atoms with E-state index in [2.05, 4.69) is 4.74 Å². The van der Waals surface area contributed by atoms with Crippen molar-refractivity contribution >= 4 is 11.9 Å². The molecule has 1 aromatic carbocycles. The minimum absolute atomic E-state index is 0.0333. The van der Waals surface area contributed by atoms with Gasteiger partial charge >= 0.3 is 12.1 Å². The Morgan fingerprint density at radius 2 is 1.68 bits per heavy atom. The Balaban J connectivity index is 2.82. The molecular weight excluding hydrogens is 303 g/mol. The standard InChI is InChI=1S/C14H16F3NO4/c1-13(2,12(20)21)18(3)11(19)9-4-6-10(7-5-9)22-8-14(15,16)17/h4-7H,8H2,1-3H3,(H,20,21). The molecule has 0 saturated heterocycles. The highest BCUT2D eigenvalue weighted by molar-refractivity contribution is 5.97. The van der Waals surface area contributed by atoms with Crippen LogP contribution in [-0.2, 0) is 4.79 Å². The lowest BCUT2D eigenvalue weighted by molar-refractivity contribution is -0.153. The highest BCUT2D eigenvalue weighted by Crippen LogP contribution is 2.21. The first-order chi connectivity index (χ1) is 9.95. The van der Waals surface area contributed by atoms with Crippen molar-refractivity contribution in [3.63, 3.8) is 0 Å². The Labute approximate surface area is 125 Å². The smallest absolute Gasteiger partial charge is 0.422 e. The summed E-state index contributed by atoms with van der Waals surface area (Å²) in [5, 5.41) is 9.08. The number of rotatable bonds is 5. The van der Waals surface area contributed by atoms with E-state index in [-0.39, 0.29) is 11.3 Å². The van der Waals surface area contributed by atoms with E-state index in [1.165, 1.54) is 45.2 Å². The van der Waals surface area contributed by atoms with Crippen LogP contribution in [0.2, 0.25) is 0 Å². The van der Waals surface area contributed by atoms with Crippen molar-refractivity contribution in [2.75, 3.05) is 13.7 Å².